The fourth-order valence-corrected chi connectivity index (χ4v) is 1.67. The Bertz CT molecular complexity index is 395. The summed E-state index contributed by atoms with van der Waals surface area (Å²) in [7, 11) is 0. The van der Waals surface area contributed by atoms with Crippen LogP contribution in [-0.2, 0) is 16.8 Å². The van der Waals surface area contributed by atoms with Crippen LogP contribution in [0.25, 0.3) is 0 Å². The van der Waals surface area contributed by atoms with Gasteiger partial charge in [-0.1, -0.05) is 22.7 Å². The van der Waals surface area contributed by atoms with E-state index in [-0.39, 0.29) is 22.0 Å². The third-order valence-electron chi connectivity index (χ3n) is 1.51. The average molecular weight is 235 g/mol. The fourth-order valence-electron chi connectivity index (χ4n) is 0.912. The van der Waals surface area contributed by atoms with Gasteiger partial charge in [0.1, 0.15) is 0 Å². The second-order valence-corrected chi connectivity index (χ2v) is 3.78. The smallest absolute Gasteiger partial charge is 0.269 e. The van der Waals surface area contributed by atoms with Crippen LogP contribution in [0.3, 0.4) is 0 Å². The number of rotatable bonds is 3. The number of hydrogen-bond acceptors (Lipinski definition) is 4. The van der Waals surface area contributed by atoms with Crippen LogP contribution in [0.5, 0.6) is 0 Å². The lowest BCUT2D eigenvalue weighted by molar-refractivity contribution is -0.384. The number of benzene rings is 1. The van der Waals surface area contributed by atoms with E-state index in [9.17, 15) is 18.9 Å². The van der Waals surface area contributed by atoms with Crippen LogP contribution in [0.1, 0.15) is 5.56 Å². The number of halogens is 1. The molecule has 0 N–H and O–H groups in total. The molecule has 0 fully saturated rings. The summed E-state index contributed by atoms with van der Waals surface area (Å²) in [5.41, 5.74) is 0.0593. The average Bonchev–Trinajstić information content (AvgIpc) is 2.07. The summed E-state index contributed by atoms with van der Waals surface area (Å²) in [5.74, 6) is -0.319. The Morgan fingerprint density at radius 1 is 1.50 bits per heavy atom. The molecular weight excluding hydrogens is 230 g/mol. The topological polar surface area (TPSA) is 83.3 Å². The van der Waals surface area contributed by atoms with Gasteiger partial charge in [-0.2, -0.15) is 0 Å². The molecule has 0 bridgehead atoms. The minimum atomic E-state index is -2.31. The molecule has 0 saturated heterocycles. The molecule has 1 unspecified atom stereocenters. The quantitative estimate of drug-likeness (QED) is 0.452. The van der Waals surface area contributed by atoms with Crippen LogP contribution in [-0.4, -0.2) is 13.7 Å². The molecule has 1 rings (SSSR count). The van der Waals surface area contributed by atoms with Gasteiger partial charge in [-0.05, 0) is 11.6 Å². The Labute approximate surface area is 87.1 Å². The van der Waals surface area contributed by atoms with Crippen molar-refractivity contribution >= 4 is 28.4 Å². The number of nitro benzene ring substituents is 1. The predicted octanol–water partition coefficient (Wildman–Crippen LogP) is 1.63. The van der Waals surface area contributed by atoms with Crippen molar-refractivity contribution < 1.29 is 13.7 Å². The van der Waals surface area contributed by atoms with Gasteiger partial charge in [-0.3, -0.25) is 14.3 Å². The van der Waals surface area contributed by atoms with E-state index in [1.54, 1.807) is 0 Å². The molecule has 0 spiro atoms. The van der Waals surface area contributed by atoms with Crippen molar-refractivity contribution in [3.8, 4) is 0 Å². The van der Waals surface area contributed by atoms with Crippen LogP contribution in [0, 0.1) is 10.1 Å². The maximum absolute atomic E-state index is 10.4. The summed E-state index contributed by atoms with van der Waals surface area (Å²) in [6, 6.07) is 3.68. The first-order chi connectivity index (χ1) is 6.50. The molecule has 0 aliphatic heterocycles. The van der Waals surface area contributed by atoms with Crippen molar-refractivity contribution in [1.29, 1.82) is 0 Å². The number of nitrogens with zero attached hydrogens (tertiary/aromatic N) is 1. The van der Waals surface area contributed by atoms with E-state index < -0.39 is 16.0 Å². The van der Waals surface area contributed by atoms with Crippen molar-refractivity contribution in [2.24, 2.45) is 0 Å². The molecule has 0 aliphatic rings. The van der Waals surface area contributed by atoms with Crippen molar-refractivity contribution in [2.45, 2.75) is 5.75 Å². The van der Waals surface area contributed by atoms with Gasteiger partial charge in [0.05, 0.1) is 4.92 Å². The molecular formula is C7H5ClNO4S-. The SMILES string of the molecule is O=[N+]([O-])c1ccc(Cl)c(CS(=O)[O-])c1. The summed E-state index contributed by atoms with van der Waals surface area (Å²) in [4.78, 5) is 9.76. The van der Waals surface area contributed by atoms with Crippen LogP contribution >= 0.6 is 11.6 Å². The lowest BCUT2D eigenvalue weighted by Crippen LogP contribution is -1.96. The number of nitro groups is 1. The number of hydrogen-bond donors (Lipinski definition) is 0. The van der Waals surface area contributed by atoms with Crippen LogP contribution in [0.2, 0.25) is 5.02 Å². The van der Waals surface area contributed by atoms with Crippen molar-refractivity contribution in [2.75, 3.05) is 0 Å². The van der Waals surface area contributed by atoms with E-state index in [1.807, 2.05) is 0 Å². The van der Waals surface area contributed by atoms with Gasteiger partial charge in [0, 0.05) is 22.9 Å². The molecule has 0 amide bonds. The highest BCUT2D eigenvalue weighted by atomic mass is 35.5. The van der Waals surface area contributed by atoms with E-state index in [1.165, 1.54) is 12.1 Å². The molecule has 1 aromatic carbocycles. The van der Waals surface area contributed by atoms with Crippen molar-refractivity contribution in [3.63, 3.8) is 0 Å². The molecule has 0 heterocycles. The van der Waals surface area contributed by atoms with Gasteiger partial charge in [-0.25, -0.2) is 0 Å². The standard InChI is InChI=1S/C7H6ClNO4S/c8-7-2-1-6(9(10)11)3-5(7)4-14(12)13/h1-3H,4H2,(H,12,13)/p-1. The zero-order valence-corrected chi connectivity index (χ0v) is 8.38. The zero-order chi connectivity index (χ0) is 10.7. The Kier molecular flexibility index (Phi) is 3.56. The predicted molar refractivity (Wildman–Crippen MR) is 50.7 cm³/mol. The first kappa shape index (κ1) is 11.1. The second kappa shape index (κ2) is 4.50. The molecule has 1 aromatic rings. The first-order valence-electron chi connectivity index (χ1n) is 3.49. The highest BCUT2D eigenvalue weighted by Crippen LogP contribution is 2.22. The Morgan fingerprint density at radius 3 is 2.64 bits per heavy atom. The third-order valence-corrected chi connectivity index (χ3v) is 2.43. The molecule has 0 radical (unpaired) electrons. The largest absolute Gasteiger partial charge is 0.772 e. The monoisotopic (exact) mass is 234 g/mol. The second-order valence-electron chi connectivity index (χ2n) is 2.48. The van der Waals surface area contributed by atoms with Gasteiger partial charge >= 0.3 is 0 Å². The molecule has 0 aliphatic carbocycles. The molecule has 1 atom stereocenters. The van der Waals surface area contributed by atoms with E-state index in [0.717, 1.165) is 6.07 Å². The number of non-ortho nitro benzene ring substituents is 1. The third kappa shape index (κ3) is 2.76. The fraction of sp³-hybridized carbons (Fsp3) is 0.143. The zero-order valence-electron chi connectivity index (χ0n) is 6.81. The van der Waals surface area contributed by atoms with Crippen molar-refractivity contribution in [3.05, 3.63) is 38.9 Å². The van der Waals surface area contributed by atoms with E-state index in [2.05, 4.69) is 0 Å². The van der Waals surface area contributed by atoms with E-state index in [0.29, 0.717) is 0 Å². The Balaban J connectivity index is 3.08. The lowest BCUT2D eigenvalue weighted by Gasteiger charge is -2.06. The van der Waals surface area contributed by atoms with Gasteiger partial charge < -0.3 is 4.55 Å². The first-order valence-corrected chi connectivity index (χ1v) is 5.11. The minimum Gasteiger partial charge on any atom is -0.772 e. The highest BCUT2D eigenvalue weighted by molar-refractivity contribution is 7.78. The van der Waals surface area contributed by atoms with Crippen LogP contribution in [0.4, 0.5) is 5.69 Å². The highest BCUT2D eigenvalue weighted by Gasteiger charge is 2.09. The molecule has 14 heavy (non-hydrogen) atoms. The molecule has 76 valence electrons. The van der Waals surface area contributed by atoms with Crippen molar-refractivity contribution in [1.82, 2.24) is 0 Å². The maximum atomic E-state index is 10.4. The summed E-state index contributed by atoms with van der Waals surface area (Å²) in [6.07, 6.45) is 0. The molecule has 0 aromatic heterocycles. The van der Waals surface area contributed by atoms with Gasteiger partial charge in [0.15, 0.2) is 0 Å². The summed E-state index contributed by atoms with van der Waals surface area (Å²) in [6.45, 7) is 0. The summed E-state index contributed by atoms with van der Waals surface area (Å²) >= 11 is 3.34. The van der Waals surface area contributed by atoms with Crippen LogP contribution in [0.15, 0.2) is 18.2 Å². The molecule has 5 nitrogen and oxygen atoms in total. The Morgan fingerprint density at radius 2 is 2.14 bits per heavy atom. The van der Waals surface area contributed by atoms with E-state index in [4.69, 9.17) is 11.6 Å². The molecule has 7 heteroatoms. The Hall–Kier alpha value is -0.980. The maximum Gasteiger partial charge on any atom is 0.269 e. The minimum absolute atomic E-state index is 0.171. The lowest BCUT2D eigenvalue weighted by atomic mass is 10.2. The van der Waals surface area contributed by atoms with Gasteiger partial charge in [0.2, 0.25) is 0 Å². The van der Waals surface area contributed by atoms with Gasteiger partial charge in [0.25, 0.3) is 5.69 Å². The van der Waals surface area contributed by atoms with E-state index >= 15 is 0 Å². The van der Waals surface area contributed by atoms with Gasteiger partial charge in [-0.15, -0.1) is 0 Å². The normalized spacial score (nSPS) is 12.4. The summed E-state index contributed by atoms with van der Waals surface area (Å²) in [5, 5.41) is 10.6. The molecule has 0 saturated carbocycles. The van der Waals surface area contributed by atoms with Crippen LogP contribution < -0.4 is 0 Å². The summed E-state index contributed by atoms with van der Waals surface area (Å²) < 4.78 is 20.7.